The monoisotopic (exact) mass is 526 g/mol. The molecule has 0 aromatic rings. The number of Topliss-reactive ketones (excluding diaryl/α,β-unsaturated/α-hetero) is 2. The molecule has 0 fully saturated rings. The zero-order valence-electron chi connectivity index (χ0n) is 24.3. The molecule has 5 atom stereocenters. The van der Waals surface area contributed by atoms with Gasteiger partial charge in [0, 0.05) is 11.5 Å². The number of aliphatic hydroxyl groups is 1. The standard InChI is InChI=1S/C32H46O6/c1-10-11-23(16-25(33)34)26-29-27(28(35)21(8)22(9)38-29)31(37)32(30(26)36,15-14-19(4)5)17-24(20(6)7)13-12-18(2)3/h14,21-24,36H,2,6,10-13,15-17H2,1,3-5,7-9H3,(H,33,34). The second-order valence-corrected chi connectivity index (χ2v) is 11.7. The second kappa shape index (κ2) is 12.8. The van der Waals surface area contributed by atoms with Crippen molar-refractivity contribution in [3.63, 3.8) is 0 Å². The van der Waals surface area contributed by atoms with E-state index in [-0.39, 0.29) is 48.1 Å². The number of hydrogen-bond acceptors (Lipinski definition) is 5. The summed E-state index contributed by atoms with van der Waals surface area (Å²) in [6.07, 6.45) is 4.20. The molecule has 0 saturated carbocycles. The summed E-state index contributed by atoms with van der Waals surface area (Å²) < 4.78 is 6.17. The first kappa shape index (κ1) is 31.3. The highest BCUT2D eigenvalue weighted by Crippen LogP contribution is 2.53. The third kappa shape index (κ3) is 6.57. The zero-order chi connectivity index (χ0) is 28.9. The summed E-state index contributed by atoms with van der Waals surface area (Å²) in [6.45, 7) is 21.4. The van der Waals surface area contributed by atoms with Crippen molar-refractivity contribution in [1.82, 2.24) is 0 Å². The molecule has 2 N–H and O–H groups in total. The minimum atomic E-state index is -1.42. The van der Waals surface area contributed by atoms with Crippen LogP contribution in [0.4, 0.5) is 0 Å². The Labute approximate surface area is 228 Å². The highest BCUT2D eigenvalue weighted by atomic mass is 16.5. The van der Waals surface area contributed by atoms with Gasteiger partial charge in [-0.1, -0.05) is 49.6 Å². The molecule has 1 heterocycles. The first-order valence-corrected chi connectivity index (χ1v) is 13.8. The van der Waals surface area contributed by atoms with E-state index in [1.165, 1.54) is 0 Å². The molecular formula is C32H46O6. The van der Waals surface area contributed by atoms with Gasteiger partial charge in [0.15, 0.2) is 11.6 Å². The minimum absolute atomic E-state index is 0.0302. The van der Waals surface area contributed by atoms with E-state index in [0.717, 1.165) is 23.1 Å². The maximum absolute atomic E-state index is 14.5. The predicted octanol–water partition coefficient (Wildman–Crippen LogP) is 7.43. The Balaban J connectivity index is 2.91. The van der Waals surface area contributed by atoms with Gasteiger partial charge in [0.2, 0.25) is 0 Å². The minimum Gasteiger partial charge on any atom is -0.511 e. The number of allylic oxidation sites excluding steroid dienone is 7. The normalized spacial score (nSPS) is 24.9. The van der Waals surface area contributed by atoms with Gasteiger partial charge >= 0.3 is 5.97 Å². The van der Waals surface area contributed by atoms with Crippen molar-refractivity contribution in [3.8, 4) is 0 Å². The fraction of sp³-hybridized carbons (Fsp3) is 0.594. The molecule has 0 aromatic heterocycles. The van der Waals surface area contributed by atoms with Crippen LogP contribution in [0.1, 0.15) is 93.4 Å². The topological polar surface area (TPSA) is 101 Å². The molecule has 0 aromatic carbocycles. The van der Waals surface area contributed by atoms with Crippen LogP contribution in [0.15, 0.2) is 58.6 Å². The van der Waals surface area contributed by atoms with Crippen molar-refractivity contribution in [3.05, 3.63) is 58.6 Å². The summed E-state index contributed by atoms with van der Waals surface area (Å²) in [5, 5.41) is 21.9. The average molecular weight is 527 g/mol. The summed E-state index contributed by atoms with van der Waals surface area (Å²) >= 11 is 0. The molecule has 1 aliphatic heterocycles. The van der Waals surface area contributed by atoms with Crippen LogP contribution >= 0.6 is 0 Å². The number of carbonyl (C=O) groups excluding carboxylic acids is 2. The maximum Gasteiger partial charge on any atom is 0.303 e. The van der Waals surface area contributed by atoms with Gasteiger partial charge in [0.05, 0.1) is 17.8 Å². The number of carboxylic acid groups (broad SMARTS) is 1. The molecule has 1 aliphatic carbocycles. The van der Waals surface area contributed by atoms with Gasteiger partial charge in [-0.25, -0.2) is 0 Å². The number of ketones is 2. The van der Waals surface area contributed by atoms with E-state index in [2.05, 4.69) is 13.2 Å². The van der Waals surface area contributed by atoms with Gasteiger partial charge in [0.1, 0.15) is 23.2 Å². The van der Waals surface area contributed by atoms with Gasteiger partial charge in [-0.3, -0.25) is 14.4 Å². The molecule has 0 bridgehead atoms. The number of rotatable bonds is 13. The Bertz CT molecular complexity index is 1080. The predicted molar refractivity (Wildman–Crippen MR) is 151 cm³/mol. The van der Waals surface area contributed by atoms with E-state index in [1.807, 2.05) is 40.7 Å². The second-order valence-electron chi connectivity index (χ2n) is 11.7. The molecule has 0 spiro atoms. The maximum atomic E-state index is 14.5. The Hall–Kier alpha value is -2.89. The number of ether oxygens (including phenoxy) is 1. The highest BCUT2D eigenvalue weighted by Gasteiger charge is 2.55. The molecule has 6 nitrogen and oxygen atoms in total. The van der Waals surface area contributed by atoms with Crippen LogP contribution < -0.4 is 0 Å². The smallest absolute Gasteiger partial charge is 0.303 e. The molecule has 2 aliphatic rings. The van der Waals surface area contributed by atoms with Crippen molar-refractivity contribution < 1.29 is 29.3 Å². The summed E-state index contributed by atoms with van der Waals surface area (Å²) in [5.74, 6) is -3.11. The lowest BCUT2D eigenvalue weighted by Crippen LogP contribution is -2.47. The van der Waals surface area contributed by atoms with Crippen LogP contribution in [0, 0.1) is 23.2 Å². The molecule has 210 valence electrons. The van der Waals surface area contributed by atoms with E-state index in [1.54, 1.807) is 13.8 Å². The largest absolute Gasteiger partial charge is 0.511 e. The molecular weight excluding hydrogens is 480 g/mol. The quantitative estimate of drug-likeness (QED) is 0.191. The molecule has 6 heteroatoms. The molecule has 0 radical (unpaired) electrons. The fourth-order valence-electron chi connectivity index (χ4n) is 5.52. The Kier molecular flexibility index (Phi) is 10.5. The molecule has 38 heavy (non-hydrogen) atoms. The van der Waals surface area contributed by atoms with Crippen molar-refractivity contribution in [2.24, 2.45) is 23.2 Å². The Morgan fingerprint density at radius 3 is 2.26 bits per heavy atom. The van der Waals surface area contributed by atoms with E-state index in [0.29, 0.717) is 24.8 Å². The number of aliphatic carboxylic acids is 1. The zero-order valence-corrected chi connectivity index (χ0v) is 24.3. The van der Waals surface area contributed by atoms with Crippen LogP contribution in [0.5, 0.6) is 0 Å². The van der Waals surface area contributed by atoms with E-state index < -0.39 is 35.1 Å². The third-order valence-corrected chi connectivity index (χ3v) is 8.05. The van der Waals surface area contributed by atoms with Gasteiger partial charge in [-0.05, 0) is 72.6 Å². The van der Waals surface area contributed by atoms with Gasteiger partial charge in [-0.2, -0.15) is 0 Å². The lowest BCUT2D eigenvalue weighted by Gasteiger charge is -2.44. The first-order valence-electron chi connectivity index (χ1n) is 13.8. The fourth-order valence-corrected chi connectivity index (χ4v) is 5.52. The SMILES string of the molecule is C=C(C)CCC(CC1(CC=C(C)C)C(=O)C2=C(OC(C)C(C)C2=O)C(C(CCC)CC(=O)O)=C1O)C(=C)C. The van der Waals surface area contributed by atoms with Gasteiger partial charge < -0.3 is 14.9 Å². The molecule has 5 unspecified atom stereocenters. The van der Waals surface area contributed by atoms with Gasteiger partial charge in [-0.15, -0.1) is 6.58 Å². The third-order valence-electron chi connectivity index (χ3n) is 8.05. The molecule has 0 saturated heterocycles. The van der Waals surface area contributed by atoms with Crippen LogP contribution in [-0.2, 0) is 19.1 Å². The van der Waals surface area contributed by atoms with E-state index in [9.17, 15) is 24.6 Å². The first-order chi connectivity index (χ1) is 17.7. The molecule has 0 amide bonds. The van der Waals surface area contributed by atoms with Gasteiger partial charge in [0.25, 0.3) is 0 Å². The Morgan fingerprint density at radius 1 is 1.13 bits per heavy atom. The average Bonchev–Trinajstić information content (AvgIpc) is 2.80. The van der Waals surface area contributed by atoms with E-state index in [4.69, 9.17) is 4.74 Å². The number of carbonyl (C=O) groups is 3. The summed E-state index contributed by atoms with van der Waals surface area (Å²) in [6, 6.07) is 0. The van der Waals surface area contributed by atoms with E-state index >= 15 is 0 Å². The Morgan fingerprint density at radius 2 is 1.76 bits per heavy atom. The summed E-state index contributed by atoms with van der Waals surface area (Å²) in [5.41, 5.74) is 1.72. The highest BCUT2D eigenvalue weighted by molar-refractivity contribution is 6.25. The molecule has 2 rings (SSSR count). The number of aliphatic hydroxyl groups excluding tert-OH is 1. The summed E-state index contributed by atoms with van der Waals surface area (Å²) in [7, 11) is 0. The number of hydrogen-bond donors (Lipinski definition) is 2. The van der Waals surface area contributed by atoms with Crippen molar-refractivity contribution in [2.45, 2.75) is 99.5 Å². The van der Waals surface area contributed by atoms with Crippen LogP contribution in [0.25, 0.3) is 0 Å². The van der Waals surface area contributed by atoms with Crippen molar-refractivity contribution in [1.29, 1.82) is 0 Å². The van der Waals surface area contributed by atoms with Crippen molar-refractivity contribution in [2.75, 3.05) is 0 Å². The summed E-state index contributed by atoms with van der Waals surface area (Å²) in [4.78, 5) is 40.0. The van der Waals surface area contributed by atoms with Crippen LogP contribution in [-0.4, -0.2) is 33.9 Å². The van der Waals surface area contributed by atoms with Crippen molar-refractivity contribution >= 4 is 17.5 Å². The lowest BCUT2D eigenvalue weighted by atomic mass is 9.61. The number of carboxylic acids is 1. The van der Waals surface area contributed by atoms with Crippen LogP contribution in [0.2, 0.25) is 0 Å². The van der Waals surface area contributed by atoms with Crippen LogP contribution in [0.3, 0.4) is 0 Å². The lowest BCUT2D eigenvalue weighted by molar-refractivity contribution is -0.137.